The first-order valence-electron chi connectivity index (χ1n) is 7.01. The van der Waals surface area contributed by atoms with Crippen molar-refractivity contribution in [3.05, 3.63) is 58.0 Å². The Bertz CT molecular complexity index is 769. The van der Waals surface area contributed by atoms with Gasteiger partial charge >= 0.3 is 0 Å². The van der Waals surface area contributed by atoms with Crippen LogP contribution >= 0.6 is 0 Å². The maximum atomic E-state index is 12.9. The molecule has 2 aromatic rings. The summed E-state index contributed by atoms with van der Waals surface area (Å²) in [5.41, 5.74) is 0.688. The Balaban J connectivity index is 2.93. The highest BCUT2D eigenvalue weighted by molar-refractivity contribution is 6.00. The second-order valence-electron chi connectivity index (χ2n) is 6.20. The lowest BCUT2D eigenvalue weighted by molar-refractivity contribution is 0.318. The molecule has 0 spiro atoms. The minimum Gasteiger partial charge on any atom is -0.507 e. The van der Waals surface area contributed by atoms with Crippen LogP contribution in [0.2, 0.25) is 0 Å². The number of aromatic nitrogens is 1. The van der Waals surface area contributed by atoms with Crippen LogP contribution in [0.4, 0.5) is 0 Å². The van der Waals surface area contributed by atoms with E-state index < -0.39 is 5.56 Å². The SMILES string of the molecule is C/C(=N\O)c1c(O)cc(C(C)(C)C)n(-c2ccccc2)c1=O. The molecule has 0 aliphatic heterocycles. The zero-order valence-corrected chi connectivity index (χ0v) is 13.2. The van der Waals surface area contributed by atoms with E-state index in [0.29, 0.717) is 11.4 Å². The standard InChI is InChI=1S/C17H20N2O3/c1-11(18-22)15-13(20)10-14(17(2,3)4)19(16(15)21)12-8-6-5-7-9-12/h5-10,20,22H,1-4H3/b18-11+. The van der Waals surface area contributed by atoms with Crippen LogP contribution in [0.3, 0.4) is 0 Å². The number of nitrogens with zero attached hydrogens (tertiary/aromatic N) is 2. The molecule has 5 nitrogen and oxygen atoms in total. The van der Waals surface area contributed by atoms with Gasteiger partial charge in [-0.2, -0.15) is 0 Å². The van der Waals surface area contributed by atoms with E-state index in [4.69, 9.17) is 5.21 Å². The molecule has 1 heterocycles. The monoisotopic (exact) mass is 300 g/mol. The third kappa shape index (κ3) is 2.74. The van der Waals surface area contributed by atoms with Gasteiger partial charge in [0.05, 0.1) is 5.71 Å². The van der Waals surface area contributed by atoms with E-state index in [9.17, 15) is 9.90 Å². The zero-order chi connectivity index (χ0) is 16.5. The van der Waals surface area contributed by atoms with Crippen molar-refractivity contribution in [1.82, 2.24) is 4.57 Å². The van der Waals surface area contributed by atoms with Crippen molar-refractivity contribution in [3.63, 3.8) is 0 Å². The summed E-state index contributed by atoms with van der Waals surface area (Å²) in [5.74, 6) is -0.183. The molecule has 0 bridgehead atoms. The smallest absolute Gasteiger partial charge is 0.268 e. The fraction of sp³-hybridized carbons (Fsp3) is 0.294. The van der Waals surface area contributed by atoms with Crippen LogP contribution in [0, 0.1) is 0 Å². The van der Waals surface area contributed by atoms with Crippen LogP contribution in [0.15, 0.2) is 46.3 Å². The molecule has 1 aromatic heterocycles. The normalized spacial score (nSPS) is 12.5. The Labute approximate surface area is 129 Å². The van der Waals surface area contributed by atoms with Gasteiger partial charge < -0.3 is 10.3 Å². The Hall–Kier alpha value is -2.56. The van der Waals surface area contributed by atoms with E-state index in [1.54, 1.807) is 10.6 Å². The lowest BCUT2D eigenvalue weighted by Gasteiger charge is -2.25. The molecule has 0 fully saturated rings. The average Bonchev–Trinajstić information content (AvgIpc) is 2.46. The molecule has 0 radical (unpaired) electrons. The van der Waals surface area contributed by atoms with Crippen LogP contribution in [-0.4, -0.2) is 20.6 Å². The number of hydrogen-bond donors (Lipinski definition) is 2. The minimum atomic E-state index is -0.411. The van der Waals surface area contributed by atoms with Gasteiger partial charge in [0, 0.05) is 22.9 Å². The number of hydrogen-bond acceptors (Lipinski definition) is 4. The van der Waals surface area contributed by atoms with Gasteiger partial charge in [-0.25, -0.2) is 0 Å². The highest BCUT2D eigenvalue weighted by Gasteiger charge is 2.25. The van der Waals surface area contributed by atoms with Crippen molar-refractivity contribution in [3.8, 4) is 11.4 Å². The zero-order valence-electron chi connectivity index (χ0n) is 13.2. The molecule has 0 amide bonds. The summed E-state index contributed by atoms with van der Waals surface area (Å²) in [6.07, 6.45) is 0. The predicted molar refractivity (Wildman–Crippen MR) is 86.4 cm³/mol. The van der Waals surface area contributed by atoms with Crippen molar-refractivity contribution in [2.24, 2.45) is 5.16 Å². The second-order valence-corrected chi connectivity index (χ2v) is 6.20. The van der Waals surface area contributed by atoms with Crippen molar-refractivity contribution >= 4 is 5.71 Å². The first-order chi connectivity index (χ1) is 10.3. The second kappa shape index (κ2) is 5.67. The molecule has 0 saturated carbocycles. The third-order valence-corrected chi connectivity index (χ3v) is 3.48. The van der Waals surface area contributed by atoms with Gasteiger partial charge in [-0.1, -0.05) is 44.1 Å². The van der Waals surface area contributed by atoms with Crippen molar-refractivity contribution in [1.29, 1.82) is 0 Å². The third-order valence-electron chi connectivity index (χ3n) is 3.48. The quantitative estimate of drug-likeness (QED) is 0.508. The Morgan fingerprint density at radius 1 is 1.18 bits per heavy atom. The summed E-state index contributed by atoms with van der Waals surface area (Å²) in [6.45, 7) is 7.37. The minimum absolute atomic E-state index is 0.000599. The molecule has 0 unspecified atom stereocenters. The lowest BCUT2D eigenvalue weighted by Crippen LogP contribution is -2.32. The highest BCUT2D eigenvalue weighted by Crippen LogP contribution is 2.28. The number of benzene rings is 1. The number of oxime groups is 1. The fourth-order valence-electron chi connectivity index (χ4n) is 2.37. The van der Waals surface area contributed by atoms with E-state index in [-0.39, 0.29) is 22.4 Å². The molecular formula is C17H20N2O3. The van der Waals surface area contributed by atoms with Crippen LogP contribution in [0.5, 0.6) is 5.75 Å². The summed E-state index contributed by atoms with van der Waals surface area (Å²) in [5, 5.41) is 22.2. The molecule has 0 atom stereocenters. The van der Waals surface area contributed by atoms with Gasteiger partial charge in [0.15, 0.2) is 0 Å². The number of para-hydroxylation sites is 1. The highest BCUT2D eigenvalue weighted by atomic mass is 16.4. The molecular weight excluding hydrogens is 280 g/mol. The van der Waals surface area contributed by atoms with Gasteiger partial charge in [-0.05, 0) is 19.1 Å². The first kappa shape index (κ1) is 15.8. The maximum Gasteiger partial charge on any atom is 0.268 e. The van der Waals surface area contributed by atoms with Crippen LogP contribution in [-0.2, 0) is 5.41 Å². The summed E-state index contributed by atoms with van der Waals surface area (Å²) >= 11 is 0. The molecule has 1 aromatic carbocycles. The molecule has 0 saturated heterocycles. The maximum absolute atomic E-state index is 12.9. The van der Waals surface area contributed by atoms with E-state index >= 15 is 0 Å². The van der Waals surface area contributed by atoms with Crippen LogP contribution in [0.25, 0.3) is 5.69 Å². The lowest BCUT2D eigenvalue weighted by atomic mass is 9.90. The van der Waals surface area contributed by atoms with Gasteiger partial charge in [0.1, 0.15) is 11.3 Å². The fourth-order valence-corrected chi connectivity index (χ4v) is 2.37. The van der Waals surface area contributed by atoms with E-state index in [1.807, 2.05) is 51.1 Å². The first-order valence-corrected chi connectivity index (χ1v) is 7.01. The number of rotatable bonds is 2. The van der Waals surface area contributed by atoms with Gasteiger partial charge in [-0.15, -0.1) is 0 Å². The average molecular weight is 300 g/mol. The van der Waals surface area contributed by atoms with E-state index in [0.717, 1.165) is 0 Å². The van der Waals surface area contributed by atoms with Crippen LogP contribution < -0.4 is 5.56 Å². The van der Waals surface area contributed by atoms with Gasteiger partial charge in [0.2, 0.25) is 0 Å². The molecule has 2 N–H and O–H groups in total. The summed E-state index contributed by atoms with van der Waals surface area (Å²) in [4.78, 5) is 12.9. The summed E-state index contributed by atoms with van der Waals surface area (Å²) in [6, 6.07) is 10.7. The molecule has 0 aliphatic rings. The number of aromatic hydroxyl groups is 1. The van der Waals surface area contributed by atoms with Crippen LogP contribution in [0.1, 0.15) is 39.0 Å². The van der Waals surface area contributed by atoms with Crippen molar-refractivity contribution in [2.45, 2.75) is 33.1 Å². The van der Waals surface area contributed by atoms with Gasteiger partial charge in [0.25, 0.3) is 5.56 Å². The molecule has 0 aliphatic carbocycles. The number of pyridine rings is 1. The van der Waals surface area contributed by atoms with Crippen molar-refractivity contribution in [2.75, 3.05) is 0 Å². The van der Waals surface area contributed by atoms with Crippen molar-refractivity contribution < 1.29 is 10.3 Å². The molecule has 22 heavy (non-hydrogen) atoms. The largest absolute Gasteiger partial charge is 0.507 e. The predicted octanol–water partition coefficient (Wildman–Crippen LogP) is 3.04. The summed E-state index contributed by atoms with van der Waals surface area (Å²) in [7, 11) is 0. The topological polar surface area (TPSA) is 74.8 Å². The molecule has 2 rings (SSSR count). The molecule has 5 heteroatoms. The molecule has 116 valence electrons. The Kier molecular flexibility index (Phi) is 4.08. The van der Waals surface area contributed by atoms with Gasteiger partial charge in [-0.3, -0.25) is 9.36 Å². The Morgan fingerprint density at radius 2 is 1.77 bits per heavy atom. The Morgan fingerprint density at radius 3 is 2.27 bits per heavy atom. The summed E-state index contributed by atoms with van der Waals surface area (Å²) < 4.78 is 1.55. The van der Waals surface area contributed by atoms with E-state index in [1.165, 1.54) is 6.92 Å². The van der Waals surface area contributed by atoms with E-state index in [2.05, 4.69) is 5.16 Å².